The number of aliphatic carboxylic acids is 1. The Morgan fingerprint density at radius 2 is 1.76 bits per heavy atom. The van der Waals surface area contributed by atoms with E-state index in [2.05, 4.69) is 10.3 Å². The monoisotopic (exact) mass is 446 g/mol. The second-order valence-corrected chi connectivity index (χ2v) is 8.14. The molecule has 4 aromatic rings. The summed E-state index contributed by atoms with van der Waals surface area (Å²) in [6, 6.07) is 24.5. The van der Waals surface area contributed by atoms with E-state index >= 15 is 0 Å². The number of benzene rings is 3. The zero-order valence-electron chi connectivity index (χ0n) is 18.5. The van der Waals surface area contributed by atoms with Crippen LogP contribution in [0.2, 0.25) is 0 Å². The highest BCUT2D eigenvalue weighted by Gasteiger charge is 2.29. The molecule has 0 fully saturated rings. The van der Waals surface area contributed by atoms with Crippen LogP contribution in [-0.2, 0) is 11.3 Å². The predicted molar refractivity (Wildman–Crippen MR) is 124 cm³/mol. The van der Waals surface area contributed by atoms with Gasteiger partial charge >= 0.3 is 5.97 Å². The Labute approximate surface area is 192 Å². The number of carboxylic acids is 1. The average molecular weight is 447 g/mol. The van der Waals surface area contributed by atoms with Crippen LogP contribution in [0, 0.1) is 0 Å². The molecule has 1 unspecified atom stereocenters. The second-order valence-electron chi connectivity index (χ2n) is 8.14. The molecule has 0 saturated carbocycles. The number of ether oxygens (including phenoxy) is 2. The van der Waals surface area contributed by atoms with Crippen LogP contribution >= 0.6 is 0 Å². The molecule has 170 valence electrons. The van der Waals surface area contributed by atoms with E-state index in [9.17, 15) is 9.90 Å². The zero-order chi connectivity index (χ0) is 23.3. The van der Waals surface area contributed by atoms with Gasteiger partial charge in [0.05, 0.1) is 0 Å². The van der Waals surface area contributed by atoms with Gasteiger partial charge in [-0.05, 0) is 55.8 Å². The molecule has 0 spiro atoms. The lowest BCUT2D eigenvalue weighted by atomic mass is 10.1. The van der Waals surface area contributed by atoms with Crippen molar-refractivity contribution in [2.24, 2.45) is 0 Å². The number of hydrogen-bond acceptors (Lipinski definition) is 6. The van der Waals surface area contributed by atoms with Gasteiger partial charge in [0.2, 0.25) is 5.89 Å². The van der Waals surface area contributed by atoms with Crippen molar-refractivity contribution in [3.63, 3.8) is 0 Å². The molecular formula is C26H26N2O5. The van der Waals surface area contributed by atoms with Crippen molar-refractivity contribution in [1.29, 1.82) is 0 Å². The molecule has 1 atom stereocenters. The van der Waals surface area contributed by atoms with Crippen LogP contribution in [0.5, 0.6) is 11.5 Å². The van der Waals surface area contributed by atoms with Gasteiger partial charge in [-0.2, -0.15) is 0 Å². The summed E-state index contributed by atoms with van der Waals surface area (Å²) in [5, 5.41) is 12.7. The van der Waals surface area contributed by atoms with E-state index in [1.54, 1.807) is 6.07 Å². The molecule has 0 radical (unpaired) electrons. The van der Waals surface area contributed by atoms with Crippen LogP contribution in [0.1, 0.15) is 31.4 Å². The maximum atomic E-state index is 11.3. The molecule has 33 heavy (non-hydrogen) atoms. The standard InChI is InChI=1S/C26H26N2O5/c1-26(2,25(29)30)33-20-12-8-9-18(15-20)16-27-17-23(31-19-10-4-3-5-11-19)24-28-21-13-6-7-14-22(21)32-24/h3-15,23,27H,16-17H2,1-2H3,(H,29,30). The van der Waals surface area contributed by atoms with Crippen LogP contribution in [0.4, 0.5) is 0 Å². The number of hydrogen-bond donors (Lipinski definition) is 2. The molecule has 0 amide bonds. The molecule has 0 bridgehead atoms. The largest absolute Gasteiger partial charge is 0.479 e. The molecular weight excluding hydrogens is 420 g/mol. The van der Waals surface area contributed by atoms with Crippen LogP contribution in [0.25, 0.3) is 11.1 Å². The number of carbonyl (C=O) groups is 1. The van der Waals surface area contributed by atoms with Crippen LogP contribution in [0.15, 0.2) is 83.3 Å². The summed E-state index contributed by atoms with van der Waals surface area (Å²) in [4.78, 5) is 15.9. The van der Waals surface area contributed by atoms with E-state index < -0.39 is 17.7 Å². The zero-order valence-corrected chi connectivity index (χ0v) is 18.5. The van der Waals surface area contributed by atoms with Crippen molar-refractivity contribution in [1.82, 2.24) is 10.3 Å². The molecule has 4 rings (SSSR count). The Morgan fingerprint density at radius 1 is 1.03 bits per heavy atom. The highest BCUT2D eigenvalue weighted by molar-refractivity contribution is 5.76. The van der Waals surface area contributed by atoms with E-state index in [0.717, 1.165) is 16.8 Å². The Balaban J connectivity index is 1.46. The predicted octanol–water partition coefficient (Wildman–Crippen LogP) is 4.98. The minimum Gasteiger partial charge on any atom is -0.479 e. The Kier molecular flexibility index (Phi) is 6.60. The van der Waals surface area contributed by atoms with Crippen molar-refractivity contribution < 1.29 is 23.8 Å². The summed E-state index contributed by atoms with van der Waals surface area (Å²) in [6.45, 7) is 4.02. The van der Waals surface area contributed by atoms with Gasteiger partial charge < -0.3 is 24.3 Å². The first-order valence-corrected chi connectivity index (χ1v) is 10.7. The first kappa shape index (κ1) is 22.4. The SMILES string of the molecule is CC(C)(Oc1cccc(CNCC(Oc2ccccc2)c2nc3ccccc3o2)c1)C(=O)O. The number of fused-ring (bicyclic) bond motifs is 1. The lowest BCUT2D eigenvalue weighted by molar-refractivity contribution is -0.152. The molecule has 0 saturated heterocycles. The number of para-hydroxylation sites is 3. The summed E-state index contributed by atoms with van der Waals surface area (Å²) in [7, 11) is 0. The summed E-state index contributed by atoms with van der Waals surface area (Å²) < 4.78 is 17.8. The van der Waals surface area contributed by atoms with Crippen molar-refractivity contribution in [2.75, 3.05) is 6.54 Å². The minimum atomic E-state index is -1.31. The average Bonchev–Trinajstić information content (AvgIpc) is 3.23. The third-order valence-corrected chi connectivity index (χ3v) is 5.05. The number of carboxylic acid groups (broad SMARTS) is 1. The van der Waals surface area contributed by atoms with Gasteiger partial charge in [0.25, 0.3) is 0 Å². The summed E-state index contributed by atoms with van der Waals surface area (Å²) in [6.07, 6.45) is -0.440. The van der Waals surface area contributed by atoms with Crippen LogP contribution in [-0.4, -0.2) is 28.2 Å². The van der Waals surface area contributed by atoms with Gasteiger partial charge in [-0.3, -0.25) is 0 Å². The Hall–Kier alpha value is -3.84. The van der Waals surface area contributed by atoms with E-state index in [4.69, 9.17) is 13.9 Å². The third kappa shape index (κ3) is 5.70. The lowest BCUT2D eigenvalue weighted by Crippen LogP contribution is -2.37. The lowest BCUT2D eigenvalue weighted by Gasteiger charge is -2.22. The molecule has 0 aliphatic carbocycles. The molecule has 0 aliphatic heterocycles. The van der Waals surface area contributed by atoms with Crippen molar-refractivity contribution in [3.8, 4) is 11.5 Å². The molecule has 7 nitrogen and oxygen atoms in total. The molecule has 0 aliphatic rings. The van der Waals surface area contributed by atoms with Gasteiger partial charge in [0.1, 0.15) is 17.0 Å². The smallest absolute Gasteiger partial charge is 0.347 e. The van der Waals surface area contributed by atoms with Gasteiger partial charge in [-0.15, -0.1) is 0 Å². The highest BCUT2D eigenvalue weighted by Crippen LogP contribution is 2.25. The Morgan fingerprint density at radius 3 is 2.52 bits per heavy atom. The fraction of sp³-hybridized carbons (Fsp3) is 0.231. The fourth-order valence-corrected chi connectivity index (χ4v) is 3.28. The molecule has 1 heterocycles. The summed E-state index contributed by atoms with van der Waals surface area (Å²) in [5.41, 5.74) is 1.12. The van der Waals surface area contributed by atoms with Gasteiger partial charge in [0, 0.05) is 13.1 Å². The van der Waals surface area contributed by atoms with Crippen LogP contribution in [0.3, 0.4) is 0 Å². The second kappa shape index (κ2) is 9.75. The highest BCUT2D eigenvalue weighted by atomic mass is 16.5. The Bertz CT molecular complexity index is 1190. The van der Waals surface area contributed by atoms with Gasteiger partial charge in [-0.25, -0.2) is 9.78 Å². The maximum absolute atomic E-state index is 11.3. The van der Waals surface area contributed by atoms with Crippen molar-refractivity contribution in [2.45, 2.75) is 32.1 Å². The van der Waals surface area contributed by atoms with E-state index in [1.807, 2.05) is 72.8 Å². The van der Waals surface area contributed by atoms with E-state index in [1.165, 1.54) is 13.8 Å². The number of rotatable bonds is 10. The van der Waals surface area contributed by atoms with E-state index in [0.29, 0.717) is 30.3 Å². The molecule has 7 heteroatoms. The molecule has 1 aromatic heterocycles. The number of nitrogens with one attached hydrogen (secondary N) is 1. The minimum absolute atomic E-state index is 0.440. The summed E-state index contributed by atoms with van der Waals surface area (Å²) >= 11 is 0. The number of oxazole rings is 1. The fourth-order valence-electron chi connectivity index (χ4n) is 3.28. The normalized spacial score (nSPS) is 12.4. The van der Waals surface area contributed by atoms with E-state index in [-0.39, 0.29) is 0 Å². The van der Waals surface area contributed by atoms with Crippen molar-refractivity contribution >= 4 is 17.1 Å². The van der Waals surface area contributed by atoms with Gasteiger partial charge in [-0.1, -0.05) is 42.5 Å². The molecule has 2 N–H and O–H groups in total. The quantitative estimate of drug-likeness (QED) is 0.355. The van der Waals surface area contributed by atoms with Crippen LogP contribution < -0.4 is 14.8 Å². The number of nitrogens with zero attached hydrogens (tertiary/aromatic N) is 1. The summed E-state index contributed by atoms with van der Waals surface area (Å²) in [5.74, 6) is 0.689. The van der Waals surface area contributed by atoms with Crippen molar-refractivity contribution in [3.05, 3.63) is 90.3 Å². The number of aromatic nitrogens is 1. The first-order valence-electron chi connectivity index (χ1n) is 10.7. The first-order chi connectivity index (χ1) is 15.9. The third-order valence-electron chi connectivity index (χ3n) is 5.05. The maximum Gasteiger partial charge on any atom is 0.347 e. The molecule has 3 aromatic carbocycles. The van der Waals surface area contributed by atoms with Gasteiger partial charge in [0.15, 0.2) is 17.3 Å². The topological polar surface area (TPSA) is 93.8 Å².